The van der Waals surface area contributed by atoms with Gasteiger partial charge in [0, 0.05) is 26.0 Å². The first kappa shape index (κ1) is 12.9. The van der Waals surface area contributed by atoms with Crippen molar-refractivity contribution in [1.82, 2.24) is 10.3 Å². The molecule has 3 rings (SSSR count). The van der Waals surface area contributed by atoms with Gasteiger partial charge in [-0.1, -0.05) is 0 Å². The van der Waals surface area contributed by atoms with Gasteiger partial charge in [-0.15, -0.1) is 0 Å². The van der Waals surface area contributed by atoms with Crippen LogP contribution in [0.5, 0.6) is 5.75 Å². The first-order chi connectivity index (χ1) is 9.32. The second kappa shape index (κ2) is 5.47. The summed E-state index contributed by atoms with van der Waals surface area (Å²) in [6, 6.07) is 2.68. The van der Waals surface area contributed by atoms with E-state index in [1.807, 2.05) is 12.4 Å². The minimum absolute atomic E-state index is 0.303. The molecule has 0 unspecified atom stereocenters. The van der Waals surface area contributed by atoms with Gasteiger partial charge in [-0.3, -0.25) is 4.98 Å². The van der Waals surface area contributed by atoms with Gasteiger partial charge >= 0.3 is 0 Å². The van der Waals surface area contributed by atoms with Crippen molar-refractivity contribution in [3.05, 3.63) is 24.0 Å². The van der Waals surface area contributed by atoms with E-state index in [0.29, 0.717) is 11.5 Å². The number of nitrogens with one attached hydrogen (secondary N) is 1. The van der Waals surface area contributed by atoms with Crippen molar-refractivity contribution in [2.75, 3.05) is 26.9 Å². The van der Waals surface area contributed by atoms with Crippen molar-refractivity contribution in [2.24, 2.45) is 0 Å². The van der Waals surface area contributed by atoms with Crippen LogP contribution in [0, 0.1) is 0 Å². The van der Waals surface area contributed by atoms with Crippen LogP contribution in [0.4, 0.5) is 0 Å². The normalized spacial score (nSPS) is 23.7. The Morgan fingerprint density at radius 3 is 2.89 bits per heavy atom. The van der Waals surface area contributed by atoms with Crippen LogP contribution in [-0.4, -0.2) is 37.9 Å². The van der Waals surface area contributed by atoms with Gasteiger partial charge in [-0.2, -0.15) is 0 Å². The molecule has 2 aliphatic rings. The van der Waals surface area contributed by atoms with Gasteiger partial charge in [0.05, 0.1) is 6.20 Å². The van der Waals surface area contributed by atoms with Gasteiger partial charge in [0.1, 0.15) is 12.4 Å². The van der Waals surface area contributed by atoms with Gasteiger partial charge < -0.3 is 14.8 Å². The van der Waals surface area contributed by atoms with Crippen molar-refractivity contribution < 1.29 is 9.47 Å². The summed E-state index contributed by atoms with van der Waals surface area (Å²) in [5.41, 5.74) is 1.61. The minimum atomic E-state index is 0.303. The van der Waals surface area contributed by atoms with Crippen molar-refractivity contribution >= 4 is 0 Å². The predicted molar refractivity (Wildman–Crippen MR) is 73.5 cm³/mol. The first-order valence-electron chi connectivity index (χ1n) is 7.13. The smallest absolute Gasteiger partial charge is 0.137 e. The summed E-state index contributed by atoms with van der Waals surface area (Å²) in [5, 5.41) is 3.34. The molecule has 0 bridgehead atoms. The maximum atomic E-state index is 5.82. The molecule has 1 saturated heterocycles. The second-order valence-corrected chi connectivity index (χ2v) is 5.68. The van der Waals surface area contributed by atoms with Gasteiger partial charge in [0.2, 0.25) is 0 Å². The van der Waals surface area contributed by atoms with Crippen molar-refractivity contribution in [1.29, 1.82) is 0 Å². The number of methoxy groups -OCH3 is 1. The predicted octanol–water partition coefficient (Wildman–Crippen LogP) is 1.89. The molecule has 1 aliphatic heterocycles. The topological polar surface area (TPSA) is 43.4 Å². The number of nitrogens with zero attached hydrogens (tertiary/aromatic N) is 1. The zero-order chi connectivity index (χ0) is 13.1. The molecule has 1 aromatic heterocycles. The summed E-state index contributed by atoms with van der Waals surface area (Å²) in [6.07, 6.45) is 8.58. The lowest BCUT2D eigenvalue weighted by atomic mass is 9.94. The molecule has 0 aromatic carbocycles. The summed E-state index contributed by atoms with van der Waals surface area (Å²) in [6.45, 7) is 2.68. The Balaban J connectivity index is 1.62. The van der Waals surface area contributed by atoms with Crippen LogP contribution < -0.4 is 10.1 Å². The van der Waals surface area contributed by atoms with Crippen LogP contribution in [0.3, 0.4) is 0 Å². The highest BCUT2D eigenvalue weighted by atomic mass is 16.5. The number of hydrogen-bond donors (Lipinski definition) is 1. The van der Waals surface area contributed by atoms with Crippen molar-refractivity contribution in [3.8, 4) is 5.75 Å². The summed E-state index contributed by atoms with van der Waals surface area (Å²) >= 11 is 0. The van der Waals surface area contributed by atoms with E-state index >= 15 is 0 Å². The zero-order valence-electron chi connectivity index (χ0n) is 11.5. The van der Waals surface area contributed by atoms with Crippen LogP contribution in [0.25, 0.3) is 0 Å². The standard InChI is InChI=1S/C15H22N2O2/c1-18-7-5-15(3-4-15)12-8-14(10-16-9-12)19-11-13-2-6-17-13/h8-10,13,17H,2-7,11H2,1H3/t13-/m0/s1. The van der Waals surface area contributed by atoms with E-state index < -0.39 is 0 Å². The van der Waals surface area contributed by atoms with E-state index in [1.54, 1.807) is 7.11 Å². The van der Waals surface area contributed by atoms with E-state index in [9.17, 15) is 0 Å². The zero-order valence-corrected chi connectivity index (χ0v) is 11.5. The fourth-order valence-electron chi connectivity index (χ4n) is 2.61. The number of pyridine rings is 1. The lowest BCUT2D eigenvalue weighted by Crippen LogP contribution is -2.46. The first-order valence-corrected chi connectivity index (χ1v) is 7.13. The number of aromatic nitrogens is 1. The molecule has 2 fully saturated rings. The lowest BCUT2D eigenvalue weighted by Gasteiger charge is -2.27. The van der Waals surface area contributed by atoms with Crippen LogP contribution >= 0.6 is 0 Å². The van der Waals surface area contributed by atoms with Gasteiger partial charge in [-0.25, -0.2) is 0 Å². The van der Waals surface area contributed by atoms with E-state index in [1.165, 1.54) is 24.8 Å². The van der Waals surface area contributed by atoms with Crippen molar-refractivity contribution in [2.45, 2.75) is 37.1 Å². The Bertz CT molecular complexity index is 428. The molecule has 1 N–H and O–H groups in total. The van der Waals surface area contributed by atoms with E-state index in [2.05, 4.69) is 16.4 Å². The molecule has 2 heterocycles. The quantitative estimate of drug-likeness (QED) is 0.815. The number of ether oxygens (including phenoxy) is 2. The fraction of sp³-hybridized carbons (Fsp3) is 0.667. The van der Waals surface area contributed by atoms with Crippen LogP contribution in [0.15, 0.2) is 18.5 Å². The molecule has 19 heavy (non-hydrogen) atoms. The van der Waals surface area contributed by atoms with E-state index in [0.717, 1.165) is 31.9 Å². The Hall–Kier alpha value is -1.13. The molecule has 1 saturated carbocycles. The highest BCUT2D eigenvalue weighted by molar-refractivity contribution is 5.34. The minimum Gasteiger partial charge on any atom is -0.490 e. The molecular weight excluding hydrogens is 240 g/mol. The molecule has 104 valence electrons. The average molecular weight is 262 g/mol. The monoisotopic (exact) mass is 262 g/mol. The Labute approximate surface area is 114 Å². The summed E-state index contributed by atoms with van der Waals surface area (Å²) in [4.78, 5) is 4.33. The maximum Gasteiger partial charge on any atom is 0.137 e. The average Bonchev–Trinajstić information content (AvgIpc) is 3.16. The van der Waals surface area contributed by atoms with Gasteiger partial charge in [0.25, 0.3) is 0 Å². The molecule has 4 nitrogen and oxygen atoms in total. The molecule has 0 amide bonds. The molecular formula is C15H22N2O2. The molecule has 4 heteroatoms. The van der Waals surface area contributed by atoms with Crippen LogP contribution in [0.1, 0.15) is 31.2 Å². The highest BCUT2D eigenvalue weighted by Gasteiger charge is 2.44. The summed E-state index contributed by atoms with van der Waals surface area (Å²) < 4.78 is 11.0. The van der Waals surface area contributed by atoms with Crippen LogP contribution in [-0.2, 0) is 10.2 Å². The van der Waals surface area contributed by atoms with E-state index in [-0.39, 0.29) is 0 Å². The van der Waals surface area contributed by atoms with Gasteiger partial charge in [-0.05, 0) is 49.3 Å². The fourth-order valence-corrected chi connectivity index (χ4v) is 2.61. The van der Waals surface area contributed by atoms with Gasteiger partial charge in [0.15, 0.2) is 0 Å². The van der Waals surface area contributed by atoms with Crippen LogP contribution in [0.2, 0.25) is 0 Å². The third kappa shape index (κ3) is 2.90. The molecule has 0 spiro atoms. The Kier molecular flexibility index (Phi) is 3.71. The summed E-state index contributed by atoms with van der Waals surface area (Å²) in [5.74, 6) is 0.898. The second-order valence-electron chi connectivity index (χ2n) is 5.68. The van der Waals surface area contributed by atoms with Crippen molar-refractivity contribution in [3.63, 3.8) is 0 Å². The summed E-state index contributed by atoms with van der Waals surface area (Å²) in [7, 11) is 1.76. The Morgan fingerprint density at radius 1 is 1.42 bits per heavy atom. The lowest BCUT2D eigenvalue weighted by molar-refractivity contribution is 0.184. The number of hydrogen-bond acceptors (Lipinski definition) is 4. The highest BCUT2D eigenvalue weighted by Crippen LogP contribution is 2.51. The van der Waals surface area contributed by atoms with E-state index in [4.69, 9.17) is 9.47 Å². The molecule has 1 aliphatic carbocycles. The molecule has 1 atom stereocenters. The largest absolute Gasteiger partial charge is 0.490 e. The Morgan fingerprint density at radius 2 is 2.26 bits per heavy atom. The molecule has 1 aromatic rings. The third-order valence-corrected chi connectivity index (χ3v) is 4.34. The molecule has 0 radical (unpaired) electrons. The SMILES string of the molecule is COCCC1(c2cncc(OC[C@@H]3CCN3)c2)CC1. The maximum absolute atomic E-state index is 5.82. The third-order valence-electron chi connectivity index (χ3n) is 4.34. The number of rotatable bonds is 7.